The van der Waals surface area contributed by atoms with E-state index in [1.165, 1.54) is 28.4 Å². The van der Waals surface area contributed by atoms with E-state index in [1.807, 2.05) is 79.9 Å². The Balaban J connectivity index is 0.000000172. The first-order chi connectivity index (χ1) is 39.6. The van der Waals surface area contributed by atoms with Crippen LogP contribution in [0.2, 0.25) is 10.0 Å². The van der Waals surface area contributed by atoms with Gasteiger partial charge in [-0.3, -0.25) is 0 Å². The van der Waals surface area contributed by atoms with Crippen LogP contribution in [0.5, 0.6) is 0 Å². The highest BCUT2D eigenvalue weighted by Gasteiger charge is 2.69. The summed E-state index contributed by atoms with van der Waals surface area (Å²) in [5, 5.41) is 21.2. The Morgan fingerprint density at radius 1 is 0.683 bits per heavy atom. The number of halogens is 2. The average molecular weight is 1220 g/mol. The molecule has 4 fully saturated rings. The monoisotopic (exact) mass is 1220 g/mol. The summed E-state index contributed by atoms with van der Waals surface area (Å²) in [6.07, 6.45) is 7.13. The first-order valence-corrected chi connectivity index (χ1v) is 30.5. The van der Waals surface area contributed by atoms with E-state index < -0.39 is 12.2 Å². The van der Waals surface area contributed by atoms with E-state index in [4.69, 9.17) is 60.8 Å². The predicted octanol–water partition coefficient (Wildman–Crippen LogP) is 10.1. The lowest BCUT2D eigenvalue weighted by Crippen LogP contribution is -2.38. The third-order valence-electron chi connectivity index (χ3n) is 15.7. The molecule has 8 aromatic rings. The van der Waals surface area contributed by atoms with Crippen LogP contribution in [0.3, 0.4) is 0 Å². The highest BCUT2D eigenvalue weighted by atomic mass is 35.5. The van der Waals surface area contributed by atoms with Crippen molar-refractivity contribution in [2.24, 2.45) is 23.7 Å². The molecule has 8 heterocycles. The van der Waals surface area contributed by atoms with Gasteiger partial charge in [-0.1, -0.05) is 107 Å². The second-order valence-electron chi connectivity index (χ2n) is 20.7. The minimum absolute atomic E-state index is 0.228. The van der Waals surface area contributed by atoms with Crippen molar-refractivity contribution in [2.75, 3.05) is 72.0 Å². The van der Waals surface area contributed by atoms with Gasteiger partial charge in [0.05, 0.1) is 22.4 Å². The van der Waals surface area contributed by atoms with Crippen molar-refractivity contribution in [3.8, 4) is 0 Å². The second kappa shape index (κ2) is 23.9. The van der Waals surface area contributed by atoms with Crippen LogP contribution in [0, 0.1) is 37.5 Å². The molecule has 6 unspecified atom stereocenters. The molecule has 0 bridgehead atoms. The van der Waals surface area contributed by atoms with Gasteiger partial charge in [0.15, 0.2) is 11.6 Å². The van der Waals surface area contributed by atoms with Crippen molar-refractivity contribution < 1.29 is 19.4 Å². The number of nitrogens with zero attached hydrogens (tertiary/aromatic N) is 11. The molecule has 10 N–H and O–H groups in total. The number of carbonyl (C=O) groups is 2. The SMILES string of the molecule is Cc1csc(C2(CN(Cc3ccccc3)C(=O)O)C3CCN(c4cnc(Sc5ccnc(N)c5Cl)c(N)n4)CC32)n1.Cc1csc(C2(CNC(=O)OCc3ccccc3)C3CCN(c4cnc(Sc5ccnc(N)c5Cl)c(N)n4)CC32)n1. The van der Waals surface area contributed by atoms with Crippen LogP contribution < -0.4 is 38.1 Å². The summed E-state index contributed by atoms with van der Waals surface area (Å²) in [6.45, 7) is 8.46. The highest BCUT2D eigenvalue weighted by Crippen LogP contribution is 2.65. The molecule has 6 aromatic heterocycles. The summed E-state index contributed by atoms with van der Waals surface area (Å²) in [4.78, 5) is 68.7. The number of alkyl carbamates (subject to hydrolysis) is 1. The predicted molar refractivity (Wildman–Crippen MR) is 323 cm³/mol. The van der Waals surface area contributed by atoms with Crippen molar-refractivity contribution in [1.29, 1.82) is 0 Å². The number of amides is 2. The van der Waals surface area contributed by atoms with Crippen molar-refractivity contribution in [3.63, 3.8) is 0 Å². The third-order valence-corrected chi connectivity index (χ3v) is 21.2. The number of aryl methyl sites for hydroxylation is 2. The van der Waals surface area contributed by atoms with Crippen LogP contribution >= 0.6 is 69.4 Å². The van der Waals surface area contributed by atoms with Gasteiger partial charge in [0.1, 0.15) is 49.9 Å². The maximum atomic E-state index is 12.6. The Morgan fingerprint density at radius 2 is 1.17 bits per heavy atom. The van der Waals surface area contributed by atoms with Gasteiger partial charge in [-0.15, -0.1) is 22.7 Å². The van der Waals surface area contributed by atoms with Gasteiger partial charge in [0.25, 0.3) is 0 Å². The number of ether oxygens (including phenoxy) is 1. The van der Waals surface area contributed by atoms with E-state index in [0.717, 1.165) is 77.4 Å². The number of rotatable bonds is 16. The van der Waals surface area contributed by atoms with E-state index in [1.54, 1.807) is 59.6 Å². The molecule has 26 heteroatoms. The molecule has 20 nitrogen and oxygen atoms in total. The molecule has 6 atom stereocenters. The number of anilines is 6. The van der Waals surface area contributed by atoms with E-state index in [-0.39, 0.29) is 35.0 Å². The fourth-order valence-electron chi connectivity index (χ4n) is 11.6. The van der Waals surface area contributed by atoms with E-state index in [9.17, 15) is 14.7 Å². The lowest BCUT2D eigenvalue weighted by Gasteiger charge is -2.27. The van der Waals surface area contributed by atoms with Crippen molar-refractivity contribution in [2.45, 2.75) is 70.5 Å². The summed E-state index contributed by atoms with van der Waals surface area (Å²) >= 11 is 18.5. The topological polar surface area (TPSA) is 293 Å². The van der Waals surface area contributed by atoms with Gasteiger partial charge >= 0.3 is 12.2 Å². The van der Waals surface area contributed by atoms with Gasteiger partial charge in [-0.25, -0.2) is 49.5 Å². The number of piperidine rings is 2. The first-order valence-electron chi connectivity index (χ1n) is 26.3. The van der Waals surface area contributed by atoms with Gasteiger partial charge in [0.2, 0.25) is 0 Å². The van der Waals surface area contributed by atoms with Gasteiger partial charge in [0, 0.05) is 101 Å². The zero-order valence-electron chi connectivity index (χ0n) is 44.6. The van der Waals surface area contributed by atoms with Crippen molar-refractivity contribution in [1.82, 2.24) is 50.1 Å². The smallest absolute Gasteiger partial charge is 0.407 e. The maximum absolute atomic E-state index is 12.6. The van der Waals surface area contributed by atoms with Crippen LogP contribution in [-0.4, -0.2) is 101 Å². The van der Waals surface area contributed by atoms with E-state index >= 15 is 0 Å². The number of nitrogens with two attached hydrogens (primary N) is 4. The van der Waals surface area contributed by atoms with Crippen LogP contribution in [0.15, 0.2) is 128 Å². The van der Waals surface area contributed by atoms with Gasteiger partial charge in [-0.05, 0) is 73.6 Å². The summed E-state index contributed by atoms with van der Waals surface area (Å²) < 4.78 is 5.49. The molecule has 0 spiro atoms. The van der Waals surface area contributed by atoms with Crippen LogP contribution in [0.1, 0.15) is 45.4 Å². The Bertz CT molecular complexity index is 3630. The van der Waals surface area contributed by atoms with Crippen LogP contribution in [0.4, 0.5) is 44.5 Å². The lowest BCUT2D eigenvalue weighted by molar-refractivity contribution is 0.135. The zero-order chi connectivity index (χ0) is 57.3. The standard InChI is InChI=1S/2C28H29ClN8O2S2/c1-16-14-40-26(35-16)28(15-34-27(38)39-13-17-5-3-2-4-6-17)18-8-10-37(12-19(18)28)21-11-33-25(24(31)36-21)41-20-7-9-32-23(30)22(20)29;1-16-14-40-26(34-16)28(15-37(27(38)39)12-17-5-3-2-4-6-17)18-8-10-36(13-19(18)28)21-11-33-25(24(31)35-21)41-20-7-9-32-23(30)22(20)29/h2-7,9,11,14,18-19H,8,10,12-13,15H2,1H3,(H2,30,32)(H2,31,36)(H,34,38);2-7,9,11,14,18-19H,8,10,12-13,15H2,1H3,(H2,30,32)(H2,31,35)(H,38,39). The number of carboxylic acid groups (broad SMARTS) is 1. The summed E-state index contributed by atoms with van der Waals surface area (Å²) in [5.41, 5.74) is 27.6. The van der Waals surface area contributed by atoms with Gasteiger partial charge < -0.3 is 52.8 Å². The summed E-state index contributed by atoms with van der Waals surface area (Å²) in [6, 6.07) is 22.9. The molecule has 2 aliphatic carbocycles. The number of nitrogens with one attached hydrogen (secondary N) is 1. The number of carbonyl (C=O) groups excluding carboxylic acids is 1. The fourth-order valence-corrected chi connectivity index (χ4v) is 15.8. The molecular weight excluding hydrogens is 1160 g/mol. The number of nitrogen functional groups attached to an aromatic ring is 4. The molecular formula is C56H58Cl2N16O4S4. The minimum atomic E-state index is -0.926. The number of aromatic nitrogens is 8. The molecule has 12 rings (SSSR count). The number of hydrogen-bond acceptors (Lipinski definition) is 21. The molecule has 424 valence electrons. The van der Waals surface area contributed by atoms with Crippen LogP contribution in [0.25, 0.3) is 0 Å². The number of hydrogen-bond donors (Lipinski definition) is 6. The molecule has 82 heavy (non-hydrogen) atoms. The molecule has 4 aliphatic rings. The Morgan fingerprint density at radius 3 is 1.66 bits per heavy atom. The normalized spacial score (nSPS) is 21.3. The number of benzene rings is 2. The lowest BCUT2D eigenvalue weighted by atomic mass is 10.0. The Kier molecular flexibility index (Phi) is 16.5. The maximum Gasteiger partial charge on any atom is 0.407 e. The third kappa shape index (κ3) is 11.7. The minimum Gasteiger partial charge on any atom is -0.465 e. The summed E-state index contributed by atoms with van der Waals surface area (Å²) in [5.74, 6) is 3.81. The number of thiazole rings is 2. The number of fused-ring (bicyclic) bond motifs is 2. The number of pyridine rings is 2. The largest absolute Gasteiger partial charge is 0.465 e. The Hall–Kier alpha value is -7.22. The van der Waals surface area contributed by atoms with Crippen LogP contribution in [-0.2, 0) is 28.7 Å². The molecule has 0 radical (unpaired) electrons. The van der Waals surface area contributed by atoms with E-state index in [0.29, 0.717) is 84.7 Å². The van der Waals surface area contributed by atoms with Gasteiger partial charge in [-0.2, -0.15) is 0 Å². The van der Waals surface area contributed by atoms with Crippen molar-refractivity contribution >= 4 is 116 Å². The molecule has 2 aliphatic heterocycles. The summed E-state index contributed by atoms with van der Waals surface area (Å²) in [7, 11) is 0. The molecule has 2 saturated carbocycles. The highest BCUT2D eigenvalue weighted by molar-refractivity contribution is 7.99. The molecule has 2 amide bonds. The van der Waals surface area contributed by atoms with E-state index in [2.05, 4.69) is 50.4 Å². The first kappa shape index (κ1) is 56.6. The quantitative estimate of drug-likeness (QED) is 0.0524. The molecule has 2 aromatic carbocycles. The fraction of sp³-hybridized carbons (Fsp3) is 0.321. The molecule has 2 saturated heterocycles. The second-order valence-corrected chi connectivity index (χ2v) is 25.2. The Labute approximate surface area is 499 Å². The zero-order valence-corrected chi connectivity index (χ0v) is 49.3. The average Bonchev–Trinajstić information content (AvgIpc) is 4.29. The van der Waals surface area contributed by atoms with Crippen molar-refractivity contribution in [3.05, 3.63) is 151 Å².